The van der Waals surface area contributed by atoms with Gasteiger partial charge in [-0.05, 0) is 36.6 Å². The van der Waals surface area contributed by atoms with E-state index in [2.05, 4.69) is 36.7 Å². The van der Waals surface area contributed by atoms with Crippen molar-refractivity contribution >= 4 is 15.9 Å². The molecule has 0 amide bonds. The zero-order valence-electron chi connectivity index (χ0n) is 9.33. The summed E-state index contributed by atoms with van der Waals surface area (Å²) in [4.78, 5) is 0. The van der Waals surface area contributed by atoms with E-state index in [9.17, 15) is 0 Å². The Bertz CT molecular complexity index is 147. The summed E-state index contributed by atoms with van der Waals surface area (Å²) in [6.07, 6.45) is 8.99. The van der Waals surface area contributed by atoms with Crippen molar-refractivity contribution < 1.29 is 0 Å². The van der Waals surface area contributed by atoms with E-state index in [0.717, 1.165) is 0 Å². The minimum atomic E-state index is 1.21. The summed E-state index contributed by atoms with van der Waals surface area (Å²) in [5.74, 6) is 0. The van der Waals surface area contributed by atoms with Crippen LogP contribution in [-0.2, 0) is 0 Å². The molecule has 0 radical (unpaired) electrons. The topological polar surface area (TPSA) is 0 Å². The molecule has 0 rings (SSSR count). The predicted molar refractivity (Wildman–Crippen MR) is 65.3 cm³/mol. The maximum atomic E-state index is 3.72. The van der Waals surface area contributed by atoms with Gasteiger partial charge in [-0.2, -0.15) is 0 Å². The first-order valence-electron chi connectivity index (χ1n) is 5.62. The Kier molecular flexibility index (Phi) is 8.95. The first-order valence-corrected chi connectivity index (χ1v) is 6.41. The van der Waals surface area contributed by atoms with Crippen LogP contribution in [0.4, 0.5) is 0 Å². The van der Waals surface area contributed by atoms with Gasteiger partial charge in [-0.3, -0.25) is 0 Å². The Hall–Kier alpha value is 0.220. The maximum Gasteiger partial charge on any atom is -0.00574 e. The highest BCUT2D eigenvalue weighted by Crippen LogP contribution is 2.25. The van der Waals surface area contributed by atoms with Crippen molar-refractivity contribution in [3.05, 3.63) is 10.1 Å². The highest BCUT2D eigenvalue weighted by molar-refractivity contribution is 9.11. The molecule has 13 heavy (non-hydrogen) atoms. The standard InChI is InChI=1S/C12H23Br/c1-4-7-9-11(6-3)12(13)10-8-5-2/h4-10H2,1-3H3/b12-11+. The molecule has 0 aromatic heterocycles. The van der Waals surface area contributed by atoms with E-state index < -0.39 is 0 Å². The summed E-state index contributed by atoms with van der Waals surface area (Å²) < 4.78 is 1.48. The molecule has 0 unspecified atom stereocenters. The average Bonchev–Trinajstić information content (AvgIpc) is 2.16. The quantitative estimate of drug-likeness (QED) is 0.563. The van der Waals surface area contributed by atoms with Crippen LogP contribution < -0.4 is 0 Å². The molecule has 0 bridgehead atoms. The number of allylic oxidation sites excluding steroid dienone is 2. The summed E-state index contributed by atoms with van der Waals surface area (Å²) in [7, 11) is 0. The lowest BCUT2D eigenvalue weighted by Crippen LogP contribution is -1.87. The van der Waals surface area contributed by atoms with Gasteiger partial charge in [0.25, 0.3) is 0 Å². The van der Waals surface area contributed by atoms with Crippen molar-refractivity contribution in [1.82, 2.24) is 0 Å². The normalized spacial score (nSPS) is 12.9. The third kappa shape index (κ3) is 6.31. The highest BCUT2D eigenvalue weighted by Gasteiger charge is 2.01. The smallest absolute Gasteiger partial charge is 0.00574 e. The molecule has 78 valence electrons. The van der Waals surface area contributed by atoms with E-state index in [1.54, 1.807) is 5.57 Å². The SMILES string of the molecule is CCCC/C(Br)=C(/CC)CCCC. The molecule has 0 heterocycles. The van der Waals surface area contributed by atoms with E-state index in [4.69, 9.17) is 0 Å². The number of hydrogen-bond acceptors (Lipinski definition) is 0. The zero-order chi connectivity index (χ0) is 10.1. The van der Waals surface area contributed by atoms with Crippen LogP contribution in [-0.4, -0.2) is 0 Å². The lowest BCUT2D eigenvalue weighted by molar-refractivity contribution is 0.745. The molecule has 0 saturated carbocycles. The summed E-state index contributed by atoms with van der Waals surface area (Å²) in [6.45, 7) is 6.77. The lowest BCUT2D eigenvalue weighted by Gasteiger charge is -2.08. The Morgan fingerprint density at radius 2 is 1.46 bits per heavy atom. The average molecular weight is 247 g/mol. The Morgan fingerprint density at radius 1 is 0.923 bits per heavy atom. The third-order valence-electron chi connectivity index (χ3n) is 2.39. The minimum absolute atomic E-state index is 1.21. The van der Waals surface area contributed by atoms with Crippen molar-refractivity contribution in [2.24, 2.45) is 0 Å². The van der Waals surface area contributed by atoms with Gasteiger partial charge in [-0.15, -0.1) is 0 Å². The van der Waals surface area contributed by atoms with E-state index in [-0.39, 0.29) is 0 Å². The van der Waals surface area contributed by atoms with Crippen molar-refractivity contribution in [1.29, 1.82) is 0 Å². The van der Waals surface area contributed by atoms with Crippen LogP contribution in [0.2, 0.25) is 0 Å². The monoisotopic (exact) mass is 246 g/mol. The molecule has 0 aliphatic rings. The van der Waals surface area contributed by atoms with E-state index in [1.165, 1.54) is 49.4 Å². The second-order valence-electron chi connectivity index (χ2n) is 3.57. The van der Waals surface area contributed by atoms with Crippen LogP contribution in [0.15, 0.2) is 10.1 Å². The van der Waals surface area contributed by atoms with Gasteiger partial charge in [-0.1, -0.05) is 55.1 Å². The Morgan fingerprint density at radius 3 is 1.92 bits per heavy atom. The first kappa shape index (κ1) is 13.2. The zero-order valence-corrected chi connectivity index (χ0v) is 10.9. The number of rotatable bonds is 7. The van der Waals surface area contributed by atoms with Crippen LogP contribution in [0, 0.1) is 0 Å². The second-order valence-corrected chi connectivity index (χ2v) is 4.53. The van der Waals surface area contributed by atoms with Crippen molar-refractivity contribution in [3.8, 4) is 0 Å². The van der Waals surface area contributed by atoms with Gasteiger partial charge < -0.3 is 0 Å². The summed E-state index contributed by atoms with van der Waals surface area (Å²) >= 11 is 3.72. The first-order chi connectivity index (χ1) is 6.26. The fourth-order valence-corrected chi connectivity index (χ4v) is 2.16. The molecule has 0 N–H and O–H groups in total. The number of unbranched alkanes of at least 4 members (excludes halogenated alkanes) is 2. The molecule has 1 heteroatoms. The van der Waals surface area contributed by atoms with Gasteiger partial charge in [0.05, 0.1) is 0 Å². The molecule has 0 fully saturated rings. The Labute approximate surface area is 91.9 Å². The van der Waals surface area contributed by atoms with Crippen LogP contribution in [0.5, 0.6) is 0 Å². The van der Waals surface area contributed by atoms with Gasteiger partial charge in [0.2, 0.25) is 0 Å². The van der Waals surface area contributed by atoms with Crippen LogP contribution in [0.25, 0.3) is 0 Å². The maximum absolute atomic E-state index is 3.72. The van der Waals surface area contributed by atoms with Crippen LogP contribution >= 0.6 is 15.9 Å². The van der Waals surface area contributed by atoms with E-state index >= 15 is 0 Å². The third-order valence-corrected chi connectivity index (χ3v) is 3.35. The van der Waals surface area contributed by atoms with Crippen LogP contribution in [0.1, 0.15) is 65.7 Å². The summed E-state index contributed by atoms with van der Waals surface area (Å²) in [5.41, 5.74) is 1.63. The van der Waals surface area contributed by atoms with Crippen molar-refractivity contribution in [3.63, 3.8) is 0 Å². The lowest BCUT2D eigenvalue weighted by atomic mass is 10.0. The molecule has 0 saturated heterocycles. The molecule has 0 atom stereocenters. The molecular formula is C12H23Br. The van der Waals surface area contributed by atoms with Crippen LogP contribution in [0.3, 0.4) is 0 Å². The molecular weight excluding hydrogens is 224 g/mol. The summed E-state index contributed by atoms with van der Waals surface area (Å²) in [5, 5.41) is 0. The number of halogens is 1. The molecule has 0 aromatic rings. The molecule has 0 spiro atoms. The molecule has 0 aliphatic heterocycles. The second kappa shape index (κ2) is 8.80. The van der Waals surface area contributed by atoms with Gasteiger partial charge in [0.1, 0.15) is 0 Å². The number of hydrogen-bond donors (Lipinski definition) is 0. The molecule has 0 aromatic carbocycles. The van der Waals surface area contributed by atoms with Gasteiger partial charge in [0.15, 0.2) is 0 Å². The van der Waals surface area contributed by atoms with Crippen molar-refractivity contribution in [2.75, 3.05) is 0 Å². The predicted octanol–water partition coefficient (Wildman–Crippen LogP) is 5.43. The fourth-order valence-electron chi connectivity index (χ4n) is 1.40. The molecule has 0 aliphatic carbocycles. The van der Waals surface area contributed by atoms with Crippen molar-refractivity contribution in [2.45, 2.75) is 65.7 Å². The minimum Gasteiger partial charge on any atom is -0.0654 e. The fraction of sp³-hybridized carbons (Fsp3) is 0.833. The van der Waals surface area contributed by atoms with E-state index in [1.807, 2.05) is 0 Å². The van der Waals surface area contributed by atoms with E-state index in [0.29, 0.717) is 0 Å². The molecule has 0 nitrogen and oxygen atoms in total. The Balaban J connectivity index is 3.97. The highest BCUT2D eigenvalue weighted by atomic mass is 79.9. The largest absolute Gasteiger partial charge is 0.0654 e. The van der Waals surface area contributed by atoms with Gasteiger partial charge in [0, 0.05) is 0 Å². The van der Waals surface area contributed by atoms with Gasteiger partial charge in [-0.25, -0.2) is 0 Å². The van der Waals surface area contributed by atoms with Gasteiger partial charge >= 0.3 is 0 Å². The summed E-state index contributed by atoms with van der Waals surface area (Å²) in [6, 6.07) is 0.